The molecule has 1 aromatic heterocycles. The molecule has 4 heteroatoms. The minimum absolute atomic E-state index is 0.411. The maximum atomic E-state index is 6.03. The van der Waals surface area contributed by atoms with Crippen LogP contribution in [-0.2, 0) is 0 Å². The van der Waals surface area contributed by atoms with E-state index in [-0.39, 0.29) is 0 Å². The zero-order chi connectivity index (χ0) is 12.4. The number of anilines is 2. The first-order chi connectivity index (χ1) is 8.08. The van der Waals surface area contributed by atoms with Gasteiger partial charge in [0, 0.05) is 25.1 Å². The highest BCUT2D eigenvalue weighted by Gasteiger charge is 2.10. The van der Waals surface area contributed by atoms with Crippen molar-refractivity contribution >= 4 is 23.1 Å². The molecule has 17 heavy (non-hydrogen) atoms. The second kappa shape index (κ2) is 4.72. The molecule has 0 spiro atoms. The maximum absolute atomic E-state index is 6.03. The molecule has 1 heterocycles. The number of aromatic nitrogens is 2. The second-order valence-corrected chi connectivity index (χ2v) is 4.43. The van der Waals surface area contributed by atoms with Gasteiger partial charge in [-0.1, -0.05) is 17.7 Å². The molecule has 0 aliphatic carbocycles. The third kappa shape index (κ3) is 2.56. The molecule has 0 fully saturated rings. The summed E-state index contributed by atoms with van der Waals surface area (Å²) in [6.07, 6.45) is 3.22. The number of hydrogen-bond acceptors (Lipinski definition) is 3. The third-order valence-electron chi connectivity index (χ3n) is 2.55. The highest BCUT2D eigenvalue weighted by Crippen LogP contribution is 2.27. The molecule has 0 amide bonds. The highest BCUT2D eigenvalue weighted by molar-refractivity contribution is 6.31. The van der Waals surface area contributed by atoms with E-state index in [1.807, 2.05) is 11.9 Å². The molecule has 0 N–H and O–H groups in total. The monoisotopic (exact) mass is 247 g/mol. The number of nitrogens with zero attached hydrogens (tertiary/aromatic N) is 3. The maximum Gasteiger partial charge on any atom is 0.172 e. The molecule has 0 radical (unpaired) electrons. The zero-order valence-electron chi connectivity index (χ0n) is 10.1. The fourth-order valence-corrected chi connectivity index (χ4v) is 2.04. The van der Waals surface area contributed by atoms with E-state index >= 15 is 0 Å². The standard InChI is InChI=1S/C13H14ClN3/c1-9-6-10(2)8-11(7-9)17(3)13-12(14)15-4-5-16-13/h4-8H,1-3H3. The van der Waals surface area contributed by atoms with Crippen LogP contribution in [-0.4, -0.2) is 17.0 Å². The lowest BCUT2D eigenvalue weighted by molar-refractivity contribution is 1.08. The Morgan fingerprint density at radius 3 is 2.18 bits per heavy atom. The minimum atomic E-state index is 0.411. The van der Waals surface area contributed by atoms with E-state index in [9.17, 15) is 0 Å². The quantitative estimate of drug-likeness (QED) is 0.813. The fourth-order valence-electron chi connectivity index (χ4n) is 1.81. The molecule has 3 nitrogen and oxygen atoms in total. The SMILES string of the molecule is Cc1cc(C)cc(N(C)c2nccnc2Cl)c1. The Morgan fingerprint density at radius 1 is 1.00 bits per heavy atom. The van der Waals surface area contributed by atoms with Crippen LogP contribution in [0, 0.1) is 13.8 Å². The molecular weight excluding hydrogens is 234 g/mol. The van der Waals surface area contributed by atoms with Crippen molar-refractivity contribution in [1.82, 2.24) is 9.97 Å². The first kappa shape index (κ1) is 11.9. The lowest BCUT2D eigenvalue weighted by Crippen LogP contribution is -2.12. The van der Waals surface area contributed by atoms with Crippen molar-refractivity contribution in [1.29, 1.82) is 0 Å². The van der Waals surface area contributed by atoms with Crippen LogP contribution in [0.2, 0.25) is 5.15 Å². The Labute approximate surface area is 106 Å². The van der Waals surface area contributed by atoms with Gasteiger partial charge < -0.3 is 4.90 Å². The largest absolute Gasteiger partial charge is 0.327 e. The molecule has 0 saturated carbocycles. The Kier molecular flexibility index (Phi) is 3.29. The number of rotatable bonds is 2. The molecule has 2 aromatic rings. The molecule has 0 aliphatic rings. The predicted molar refractivity (Wildman–Crippen MR) is 71.0 cm³/mol. The molecule has 0 aliphatic heterocycles. The van der Waals surface area contributed by atoms with E-state index in [1.54, 1.807) is 12.4 Å². The van der Waals surface area contributed by atoms with Gasteiger partial charge in [0.05, 0.1) is 0 Å². The van der Waals surface area contributed by atoms with Gasteiger partial charge in [-0.05, 0) is 37.1 Å². The highest BCUT2D eigenvalue weighted by atomic mass is 35.5. The number of aryl methyl sites for hydroxylation is 2. The van der Waals surface area contributed by atoms with Crippen LogP contribution in [0.25, 0.3) is 0 Å². The normalized spacial score (nSPS) is 10.4. The Hall–Kier alpha value is -1.61. The molecule has 0 unspecified atom stereocenters. The van der Waals surface area contributed by atoms with Gasteiger partial charge in [0.1, 0.15) is 0 Å². The van der Waals surface area contributed by atoms with Gasteiger partial charge >= 0.3 is 0 Å². The van der Waals surface area contributed by atoms with Gasteiger partial charge in [-0.2, -0.15) is 0 Å². The first-order valence-corrected chi connectivity index (χ1v) is 5.74. The first-order valence-electron chi connectivity index (χ1n) is 5.36. The molecule has 0 bridgehead atoms. The van der Waals surface area contributed by atoms with Crippen molar-refractivity contribution in [3.05, 3.63) is 46.9 Å². The van der Waals surface area contributed by atoms with Gasteiger partial charge in [0.25, 0.3) is 0 Å². The summed E-state index contributed by atoms with van der Waals surface area (Å²) in [6.45, 7) is 4.14. The van der Waals surface area contributed by atoms with E-state index in [0.717, 1.165) is 5.69 Å². The van der Waals surface area contributed by atoms with Crippen molar-refractivity contribution in [3.8, 4) is 0 Å². The van der Waals surface area contributed by atoms with Crippen LogP contribution < -0.4 is 4.90 Å². The molecular formula is C13H14ClN3. The smallest absolute Gasteiger partial charge is 0.172 e. The summed E-state index contributed by atoms with van der Waals surface area (Å²) in [6, 6.07) is 6.33. The topological polar surface area (TPSA) is 29.0 Å². The van der Waals surface area contributed by atoms with Gasteiger partial charge in [0.2, 0.25) is 0 Å². The van der Waals surface area contributed by atoms with Crippen LogP contribution in [0.1, 0.15) is 11.1 Å². The third-order valence-corrected chi connectivity index (χ3v) is 2.81. The van der Waals surface area contributed by atoms with E-state index in [2.05, 4.69) is 42.0 Å². The van der Waals surface area contributed by atoms with Crippen molar-refractivity contribution in [2.75, 3.05) is 11.9 Å². The average Bonchev–Trinajstić information content (AvgIpc) is 2.27. The van der Waals surface area contributed by atoms with Crippen LogP contribution in [0.4, 0.5) is 11.5 Å². The summed E-state index contributed by atoms with van der Waals surface area (Å²) in [5.74, 6) is 0.666. The van der Waals surface area contributed by atoms with Crippen molar-refractivity contribution in [2.24, 2.45) is 0 Å². The Bertz CT molecular complexity index is 520. The molecule has 0 atom stereocenters. The van der Waals surface area contributed by atoms with E-state index < -0.39 is 0 Å². The number of halogens is 1. The Balaban J connectivity index is 2.43. The summed E-state index contributed by atoms with van der Waals surface area (Å²) in [5, 5.41) is 0.411. The van der Waals surface area contributed by atoms with Crippen LogP contribution >= 0.6 is 11.6 Å². The number of hydrogen-bond donors (Lipinski definition) is 0. The average molecular weight is 248 g/mol. The predicted octanol–water partition coefficient (Wildman–Crippen LogP) is 3.51. The minimum Gasteiger partial charge on any atom is -0.327 e. The summed E-state index contributed by atoms with van der Waals surface area (Å²) in [4.78, 5) is 10.2. The summed E-state index contributed by atoms with van der Waals surface area (Å²) in [5.41, 5.74) is 3.49. The van der Waals surface area contributed by atoms with E-state index in [0.29, 0.717) is 11.0 Å². The van der Waals surface area contributed by atoms with Gasteiger partial charge in [-0.3, -0.25) is 0 Å². The van der Waals surface area contributed by atoms with Gasteiger partial charge in [0.15, 0.2) is 11.0 Å². The molecule has 1 aromatic carbocycles. The Morgan fingerprint density at radius 2 is 1.59 bits per heavy atom. The molecule has 88 valence electrons. The molecule has 0 saturated heterocycles. The van der Waals surface area contributed by atoms with E-state index in [1.165, 1.54) is 11.1 Å². The van der Waals surface area contributed by atoms with Crippen molar-refractivity contribution in [3.63, 3.8) is 0 Å². The molecule has 2 rings (SSSR count). The lowest BCUT2D eigenvalue weighted by atomic mass is 10.1. The summed E-state index contributed by atoms with van der Waals surface area (Å²) >= 11 is 6.03. The van der Waals surface area contributed by atoms with E-state index in [4.69, 9.17) is 11.6 Å². The fraction of sp³-hybridized carbons (Fsp3) is 0.231. The summed E-state index contributed by atoms with van der Waals surface area (Å²) in [7, 11) is 1.93. The van der Waals surface area contributed by atoms with Crippen LogP contribution in [0.3, 0.4) is 0 Å². The van der Waals surface area contributed by atoms with Crippen molar-refractivity contribution in [2.45, 2.75) is 13.8 Å². The lowest BCUT2D eigenvalue weighted by Gasteiger charge is -2.19. The van der Waals surface area contributed by atoms with Crippen LogP contribution in [0.15, 0.2) is 30.6 Å². The van der Waals surface area contributed by atoms with Gasteiger partial charge in [-0.25, -0.2) is 9.97 Å². The van der Waals surface area contributed by atoms with Gasteiger partial charge in [-0.15, -0.1) is 0 Å². The summed E-state index contributed by atoms with van der Waals surface area (Å²) < 4.78 is 0. The second-order valence-electron chi connectivity index (χ2n) is 4.08. The van der Waals surface area contributed by atoms with Crippen molar-refractivity contribution < 1.29 is 0 Å². The zero-order valence-corrected chi connectivity index (χ0v) is 10.9. The number of benzene rings is 1. The van der Waals surface area contributed by atoms with Crippen LogP contribution in [0.5, 0.6) is 0 Å².